The summed E-state index contributed by atoms with van der Waals surface area (Å²) >= 11 is 0. The Hall–Kier alpha value is -7.40. The van der Waals surface area contributed by atoms with Crippen LogP contribution in [0.15, 0.2) is 59.8 Å². The smallest absolute Gasteiger partial charge is 0.329 e. The number of nitrogens with zero attached hydrogens (tertiary/aromatic N) is 4. The van der Waals surface area contributed by atoms with Gasteiger partial charge >= 0.3 is 29.8 Å². The molecule has 772 valence electrons. The molecule has 0 bridgehead atoms. The van der Waals surface area contributed by atoms with Crippen molar-refractivity contribution < 1.29 is 150 Å². The summed E-state index contributed by atoms with van der Waals surface area (Å²) in [5.74, 6) is -5.14. The molecule has 1 aliphatic rings. The van der Waals surface area contributed by atoms with Crippen LogP contribution < -0.4 is 21.3 Å². The van der Waals surface area contributed by atoms with Gasteiger partial charge < -0.3 is 128 Å². The summed E-state index contributed by atoms with van der Waals surface area (Å²) in [4.78, 5) is 150. The molecule has 6 amide bonds. The van der Waals surface area contributed by atoms with Crippen LogP contribution in [-0.4, -0.2) is 349 Å². The van der Waals surface area contributed by atoms with Crippen molar-refractivity contribution in [2.45, 2.75) is 308 Å². The van der Waals surface area contributed by atoms with Gasteiger partial charge in [0.15, 0.2) is 25.2 Å². The minimum Gasteiger partial charge on any atom is -0.481 e. The number of nitrogens with one attached hydrogen (secondary N) is 4. The number of carboxylic acids is 1. The van der Waals surface area contributed by atoms with Crippen molar-refractivity contribution in [2.75, 3.05) is 135 Å². The summed E-state index contributed by atoms with van der Waals surface area (Å²) in [6.45, 7) is 24.1. The number of rotatable bonds is 67. The van der Waals surface area contributed by atoms with E-state index in [4.69, 9.17) is 91.8 Å². The minimum atomic E-state index is -1.08. The second kappa shape index (κ2) is 74.7. The molecule has 41 heteroatoms. The van der Waals surface area contributed by atoms with Gasteiger partial charge in [-0.15, -0.1) is 0 Å². The molecule has 2 heterocycles. The zero-order chi connectivity index (χ0) is 101. The standard InChI is InChI=1S/C55H94N6O14.C19H30N2O6S2.C12H22O7.C7H16O4/c1-17-35(7)49(60(13)54(68)47(33(3)4)58-53(67)48(34(5)6)59(11)12)42(70-14)30-44(64)61-29-23-26-41(61)50(72-16)36(8)52(66)57-37(9)51(39-24-20-19-21-25-39)75-55(69)38(10)56-43(63)27-22-28-45(65)73-32-46(71-15)74-40(18-2)31-62;1-3-15(13-22)27-19(25-2)14-26-18(24)9-6-7-16(23)20-11-12-28-29-17-8-4-5-10-21-17;1-3-9(7-13)19-12(17-2)8-18-11(16)6-4-5-10(14)15;1-3-6(4-8)11-7(5-9)10-2/h19-21,24-25,33-38,40-42,46-51,62H,17-18,22-23,26-32H2,1-16H3,(H,56,63)(H,57,66)(H,58,67);4-5,8,10,15,19,22H,3,6-7,9,11-14H2,1-2H3,(H,20,23);9,12-13H,3-8H2,1-2H3,(H,14,15);6-9H,3-5H2,1-2H3/t35-,36+,37+,38+,40?,41-,42+,46?,47?,48-,49-,50+,51?;;;/m0.../s1. The molecule has 1 fully saturated rings. The first-order valence-corrected chi connectivity index (χ1v) is 48.5. The largest absolute Gasteiger partial charge is 0.481 e. The van der Waals surface area contributed by atoms with Crippen molar-refractivity contribution in [3.63, 3.8) is 0 Å². The molecule has 1 aromatic carbocycles. The van der Waals surface area contributed by atoms with E-state index in [2.05, 4.69) is 26.3 Å². The van der Waals surface area contributed by atoms with E-state index < -0.39 is 133 Å². The molecule has 3 rings (SSSR count). The number of hydrogen-bond acceptors (Lipinski definition) is 34. The zero-order valence-corrected chi connectivity index (χ0v) is 84.7. The number of carbonyl (C=O) groups is 11. The fraction of sp³-hybridized carbons (Fsp3) is 0.763. The summed E-state index contributed by atoms with van der Waals surface area (Å²) in [5, 5.41) is 65.7. The third-order valence-corrected chi connectivity index (χ3v) is 24.1. The third kappa shape index (κ3) is 51.9. The normalized spacial score (nSPS) is 16.5. The van der Waals surface area contributed by atoms with Crippen molar-refractivity contribution in [1.82, 2.24) is 41.0 Å². The number of ether oxygens (including phenoxy) is 14. The lowest BCUT2D eigenvalue weighted by atomic mass is 9.89. The molecule has 39 nitrogen and oxygen atoms in total. The van der Waals surface area contributed by atoms with E-state index in [0.717, 1.165) is 10.8 Å². The number of methoxy groups -OCH3 is 6. The molecule has 1 saturated heterocycles. The maximum Gasteiger partial charge on any atom is 0.329 e. The van der Waals surface area contributed by atoms with Gasteiger partial charge in [-0.25, -0.2) is 9.78 Å². The molecule has 0 aliphatic carbocycles. The number of aliphatic hydroxyl groups is 5. The average Bonchev–Trinajstić information content (AvgIpc) is 1.33. The van der Waals surface area contributed by atoms with Gasteiger partial charge in [0, 0.05) is 113 Å². The van der Waals surface area contributed by atoms with Gasteiger partial charge in [-0.1, -0.05) is 130 Å². The predicted molar refractivity (Wildman–Crippen MR) is 503 cm³/mol. The second-order valence-corrected chi connectivity index (χ2v) is 35.4. The molecule has 0 radical (unpaired) electrons. The topological polar surface area (TPSA) is 509 Å². The maximum absolute atomic E-state index is 14.5. The van der Waals surface area contributed by atoms with E-state index in [1.807, 2.05) is 112 Å². The number of pyridine rings is 1. The van der Waals surface area contributed by atoms with E-state index in [0.29, 0.717) is 70.0 Å². The summed E-state index contributed by atoms with van der Waals surface area (Å²) in [6, 6.07) is 10.6. The quantitative estimate of drug-likeness (QED) is 0.0104. The van der Waals surface area contributed by atoms with Crippen molar-refractivity contribution in [3.05, 3.63) is 60.3 Å². The first-order chi connectivity index (χ1) is 63.8. The van der Waals surface area contributed by atoms with E-state index in [-0.39, 0.29) is 170 Å². The Balaban J connectivity index is 0.00000240. The summed E-state index contributed by atoms with van der Waals surface area (Å²) < 4.78 is 74.8. The van der Waals surface area contributed by atoms with E-state index in [9.17, 15) is 57.8 Å². The number of likely N-dealkylation sites (tertiary alicyclic amines) is 1. The van der Waals surface area contributed by atoms with Crippen LogP contribution in [0.1, 0.15) is 211 Å². The number of esters is 4. The van der Waals surface area contributed by atoms with Crippen molar-refractivity contribution in [1.29, 1.82) is 0 Å². The van der Waals surface area contributed by atoms with Crippen LogP contribution in [0.25, 0.3) is 0 Å². The Morgan fingerprint density at radius 1 is 0.537 bits per heavy atom. The Labute approximate surface area is 801 Å². The van der Waals surface area contributed by atoms with Gasteiger partial charge in [0.05, 0.1) is 106 Å². The number of aliphatic hydroxyl groups excluding tert-OH is 5. The van der Waals surface area contributed by atoms with Crippen LogP contribution in [0.4, 0.5) is 0 Å². The third-order valence-electron chi connectivity index (χ3n) is 21.9. The number of likely N-dealkylation sites (N-methyl/N-ethyl adjacent to an activating group) is 2. The molecular weight excluding hydrogens is 1790 g/mol. The predicted octanol–water partition coefficient (Wildman–Crippen LogP) is 7.10. The van der Waals surface area contributed by atoms with Crippen molar-refractivity contribution in [2.24, 2.45) is 23.7 Å². The molecule has 1 aliphatic heterocycles. The van der Waals surface area contributed by atoms with Gasteiger partial charge in [-0.05, 0) is 132 Å². The fourth-order valence-electron chi connectivity index (χ4n) is 13.8. The highest BCUT2D eigenvalue weighted by Crippen LogP contribution is 2.32. The van der Waals surface area contributed by atoms with E-state index in [1.165, 1.54) is 49.6 Å². The lowest BCUT2D eigenvalue weighted by Crippen LogP contribution is -2.59. The van der Waals surface area contributed by atoms with Gasteiger partial charge in [0.1, 0.15) is 43.0 Å². The first kappa shape index (κ1) is 127. The lowest BCUT2D eigenvalue weighted by molar-refractivity contribution is -0.194. The van der Waals surface area contributed by atoms with E-state index >= 15 is 0 Å². The first-order valence-electron chi connectivity index (χ1n) is 46.2. The van der Waals surface area contributed by atoms with Gasteiger partial charge in [-0.3, -0.25) is 52.8 Å². The number of aromatic nitrogens is 1. The molecular formula is C93H162N8O31S2. The van der Waals surface area contributed by atoms with Crippen LogP contribution in [0.5, 0.6) is 0 Å². The highest BCUT2D eigenvalue weighted by Gasteiger charge is 2.44. The van der Waals surface area contributed by atoms with Crippen LogP contribution in [0.3, 0.4) is 0 Å². The number of aliphatic carboxylic acids is 1. The Morgan fingerprint density at radius 2 is 1.01 bits per heavy atom. The molecule has 134 heavy (non-hydrogen) atoms. The van der Waals surface area contributed by atoms with Crippen LogP contribution in [-0.2, 0) is 119 Å². The number of carboxylic acid groups (broad SMARTS) is 1. The highest BCUT2D eigenvalue weighted by atomic mass is 33.1. The zero-order valence-electron chi connectivity index (χ0n) is 83.1. The SMILES string of the molecule is CCC(CO)OC(CO)OC.CCC(CO)OC(COC(=O)CCCC(=O)NCCSSc1ccccn1)OC.CCC(CO)OC(COC(=O)CCCC(=O)N[C@H](C)C(=O)OC(c1ccccc1)[C@@H](C)NC(=O)[C@H](C)[C@@H](OC)[C@@H]1CCCN1C(=O)C[C@@H](OC)[C@H]([C@@H](C)CC)N(C)C(=O)C(NC(=O)[C@H](C(C)C)N(C)C)C(C)C)OC.CCC(CO)OC(COC(=O)CCCC(=O)O)OC. The van der Waals surface area contributed by atoms with Crippen LogP contribution in [0.2, 0.25) is 0 Å². The molecule has 2 aromatic rings. The minimum absolute atomic E-state index is 0.00958. The average molecular weight is 1950 g/mol. The molecule has 0 spiro atoms. The van der Waals surface area contributed by atoms with Gasteiger partial charge in [0.25, 0.3) is 0 Å². The fourth-order valence-corrected chi connectivity index (χ4v) is 15.6. The monoisotopic (exact) mass is 1950 g/mol. The molecule has 0 saturated carbocycles. The van der Waals surface area contributed by atoms with Crippen LogP contribution >= 0.6 is 21.6 Å². The van der Waals surface area contributed by atoms with Crippen LogP contribution in [0, 0.1) is 23.7 Å². The number of benzene rings is 1. The summed E-state index contributed by atoms with van der Waals surface area (Å²) in [7, 11) is 17.3. The number of amides is 6. The second-order valence-electron chi connectivity index (χ2n) is 33.0. The van der Waals surface area contributed by atoms with Gasteiger partial charge in [0.2, 0.25) is 35.4 Å². The van der Waals surface area contributed by atoms with Crippen molar-refractivity contribution >= 4 is 86.9 Å². The highest BCUT2D eigenvalue weighted by molar-refractivity contribution is 8.76. The summed E-state index contributed by atoms with van der Waals surface area (Å²) in [5.41, 5.74) is 0.603. The summed E-state index contributed by atoms with van der Waals surface area (Å²) in [6.07, 6.45) is 0.429. The Bertz CT molecular complexity index is 3500. The maximum atomic E-state index is 14.5. The Kier molecular flexibility index (Phi) is 70.5. The lowest BCUT2D eigenvalue weighted by Gasteiger charge is -2.41. The molecule has 1 aromatic heterocycles. The number of hydrogen-bond donors (Lipinski definition) is 10. The van der Waals surface area contributed by atoms with Crippen molar-refractivity contribution in [3.8, 4) is 0 Å². The molecule has 19 atom stereocenters. The number of carbonyl (C=O) groups excluding carboxylic acids is 10. The Morgan fingerprint density at radius 3 is 1.43 bits per heavy atom. The van der Waals surface area contributed by atoms with Gasteiger partial charge in [-0.2, -0.15) is 0 Å². The molecule has 10 N–H and O–H groups in total. The molecule has 10 unspecified atom stereocenters. The van der Waals surface area contributed by atoms with E-state index in [1.54, 1.807) is 82.7 Å².